The van der Waals surface area contributed by atoms with Gasteiger partial charge in [0.1, 0.15) is 5.78 Å². The van der Waals surface area contributed by atoms with E-state index < -0.39 is 0 Å². The number of allylic oxidation sites excluding steroid dienone is 1. The Morgan fingerprint density at radius 3 is 1.92 bits per heavy atom. The smallest absolute Gasteiger partial charge is 0.135 e. The van der Waals surface area contributed by atoms with Crippen LogP contribution in [0, 0.1) is 16.2 Å². The Morgan fingerprint density at radius 2 is 1.50 bits per heavy atom. The van der Waals surface area contributed by atoms with E-state index in [0.29, 0.717) is 0 Å². The predicted molar refractivity (Wildman–Crippen MR) is 102 cm³/mol. The molecule has 1 aliphatic rings. The van der Waals surface area contributed by atoms with Gasteiger partial charge in [-0.15, -0.1) is 5.53 Å². The summed E-state index contributed by atoms with van der Waals surface area (Å²) in [6.07, 6.45) is 4.12. The number of ketones is 1. The first kappa shape index (κ1) is 21.0. The van der Waals surface area contributed by atoms with E-state index in [1.165, 1.54) is 5.70 Å². The van der Waals surface area contributed by atoms with Crippen LogP contribution in [0.4, 0.5) is 0 Å². The number of carbonyl (C=O) groups excluding carboxylic acids is 1. The van der Waals surface area contributed by atoms with Gasteiger partial charge in [0.15, 0.2) is 0 Å². The van der Waals surface area contributed by atoms with Crippen LogP contribution in [0.15, 0.2) is 11.9 Å². The molecule has 1 aliphatic heterocycles. The van der Waals surface area contributed by atoms with E-state index in [0.717, 1.165) is 12.8 Å². The SMILES string of the molecule is CC(=O)C(C)(C)CC(C)(C)N1C=C(C(C)(C)CC(C)(C)C)N(C)N1. The minimum absolute atomic E-state index is 0.0704. The quantitative estimate of drug-likeness (QED) is 0.759. The second-order valence-corrected chi connectivity index (χ2v) is 10.6. The number of nitrogens with zero attached hydrogens (tertiary/aromatic N) is 2. The molecule has 0 amide bonds. The molecule has 140 valence electrons. The lowest BCUT2D eigenvalue weighted by atomic mass is 9.74. The highest BCUT2D eigenvalue weighted by Crippen LogP contribution is 2.42. The number of nitrogens with one attached hydrogen (secondary N) is 1. The Balaban J connectivity index is 3.04. The monoisotopic (exact) mass is 337 g/mol. The topological polar surface area (TPSA) is 35.6 Å². The van der Waals surface area contributed by atoms with Crippen LogP contribution in [0.3, 0.4) is 0 Å². The third kappa shape index (κ3) is 4.98. The average molecular weight is 338 g/mol. The normalized spacial score (nSPS) is 17.4. The second kappa shape index (κ2) is 6.36. The molecule has 1 rings (SSSR count). The molecule has 0 saturated heterocycles. The van der Waals surface area contributed by atoms with Gasteiger partial charge in [-0.2, -0.15) is 0 Å². The molecule has 4 heteroatoms. The number of carbonyl (C=O) groups is 1. The minimum atomic E-state index is -0.332. The zero-order chi connectivity index (χ0) is 19.1. The number of hydrogen-bond acceptors (Lipinski definition) is 4. The van der Waals surface area contributed by atoms with E-state index in [4.69, 9.17) is 0 Å². The highest BCUT2D eigenvalue weighted by atomic mass is 16.1. The van der Waals surface area contributed by atoms with Crippen molar-refractivity contribution in [2.45, 2.75) is 87.6 Å². The van der Waals surface area contributed by atoms with Crippen molar-refractivity contribution >= 4 is 5.78 Å². The molecule has 0 saturated carbocycles. The maximum atomic E-state index is 11.9. The number of hydrogen-bond donors (Lipinski definition) is 1. The van der Waals surface area contributed by atoms with E-state index in [2.05, 4.69) is 77.3 Å². The van der Waals surface area contributed by atoms with Crippen molar-refractivity contribution in [1.29, 1.82) is 0 Å². The lowest BCUT2D eigenvalue weighted by Gasteiger charge is -2.40. The molecule has 0 aliphatic carbocycles. The molecule has 0 aromatic heterocycles. The zero-order valence-corrected chi connectivity index (χ0v) is 17.8. The summed E-state index contributed by atoms with van der Waals surface area (Å²) < 4.78 is 0. The summed E-state index contributed by atoms with van der Waals surface area (Å²) in [4.78, 5) is 11.9. The maximum absolute atomic E-state index is 11.9. The van der Waals surface area contributed by atoms with Crippen LogP contribution >= 0.6 is 0 Å². The molecule has 0 bridgehead atoms. The molecular weight excluding hydrogens is 298 g/mol. The summed E-state index contributed by atoms with van der Waals surface area (Å²) in [6, 6.07) is 0. The molecule has 24 heavy (non-hydrogen) atoms. The highest BCUT2D eigenvalue weighted by molar-refractivity contribution is 5.81. The average Bonchev–Trinajstić information content (AvgIpc) is 2.68. The van der Waals surface area contributed by atoms with Crippen LogP contribution in [0.2, 0.25) is 0 Å². The molecule has 0 radical (unpaired) electrons. The van der Waals surface area contributed by atoms with E-state index in [1.54, 1.807) is 6.92 Å². The molecule has 0 spiro atoms. The first-order valence-corrected chi connectivity index (χ1v) is 9.01. The summed E-state index contributed by atoms with van der Waals surface area (Å²) in [5.74, 6) is 0.236. The van der Waals surface area contributed by atoms with E-state index in [-0.39, 0.29) is 27.6 Å². The van der Waals surface area contributed by atoms with Crippen LogP contribution in [0.1, 0.15) is 82.1 Å². The van der Waals surface area contributed by atoms with E-state index in [9.17, 15) is 4.79 Å². The van der Waals surface area contributed by atoms with Crippen LogP contribution in [-0.4, -0.2) is 28.4 Å². The second-order valence-electron chi connectivity index (χ2n) is 10.6. The Kier molecular flexibility index (Phi) is 5.57. The van der Waals surface area contributed by atoms with Crippen LogP contribution in [0.25, 0.3) is 0 Å². The van der Waals surface area contributed by atoms with Gasteiger partial charge in [0.25, 0.3) is 0 Å². The van der Waals surface area contributed by atoms with Crippen molar-refractivity contribution in [3.8, 4) is 0 Å². The molecule has 4 nitrogen and oxygen atoms in total. The van der Waals surface area contributed by atoms with Crippen molar-refractivity contribution in [2.24, 2.45) is 16.2 Å². The van der Waals surface area contributed by atoms with Crippen molar-refractivity contribution in [1.82, 2.24) is 15.6 Å². The lowest BCUT2D eigenvalue weighted by molar-refractivity contribution is -0.127. The standard InChI is InChI=1S/C20H39N3O/c1-15(24)18(5,6)14-20(9,10)23-12-16(22(11)21-23)19(7,8)13-17(2,3)4/h12,21H,13-14H2,1-11H3. The van der Waals surface area contributed by atoms with Crippen molar-refractivity contribution < 1.29 is 4.79 Å². The number of hydrazine groups is 2. The fourth-order valence-electron chi connectivity index (χ4n) is 4.10. The third-order valence-corrected chi connectivity index (χ3v) is 5.02. The summed E-state index contributed by atoms with van der Waals surface area (Å²) in [5.41, 5.74) is 4.59. The van der Waals surface area contributed by atoms with Crippen LogP contribution in [-0.2, 0) is 4.79 Å². The molecule has 0 fully saturated rings. The first-order chi connectivity index (χ1) is 10.5. The summed E-state index contributed by atoms with van der Waals surface area (Å²) >= 11 is 0. The summed E-state index contributed by atoms with van der Waals surface area (Å²) in [6.45, 7) is 21.6. The molecule has 0 aromatic carbocycles. The van der Waals surface area contributed by atoms with Gasteiger partial charge in [0.2, 0.25) is 0 Å². The Labute approximate surface area is 149 Å². The van der Waals surface area contributed by atoms with Gasteiger partial charge >= 0.3 is 0 Å². The largest absolute Gasteiger partial charge is 0.299 e. The van der Waals surface area contributed by atoms with Gasteiger partial charge in [-0.25, -0.2) is 0 Å². The van der Waals surface area contributed by atoms with Gasteiger partial charge in [0.05, 0.1) is 11.2 Å². The van der Waals surface area contributed by atoms with Gasteiger partial charge in [-0.3, -0.25) is 14.8 Å². The van der Waals surface area contributed by atoms with Gasteiger partial charge in [-0.1, -0.05) is 48.5 Å². The molecule has 0 atom stereocenters. The molecule has 1 heterocycles. The summed E-state index contributed by atoms with van der Waals surface area (Å²) in [7, 11) is 2.07. The lowest BCUT2D eigenvalue weighted by Crippen LogP contribution is -2.52. The zero-order valence-electron chi connectivity index (χ0n) is 17.8. The van der Waals surface area contributed by atoms with Crippen molar-refractivity contribution in [3.63, 3.8) is 0 Å². The molecule has 0 aromatic rings. The Hall–Kier alpha value is -1.03. The summed E-state index contributed by atoms with van der Waals surface area (Å²) in [5, 5.41) is 4.28. The number of rotatable bonds is 6. The van der Waals surface area contributed by atoms with Gasteiger partial charge in [-0.05, 0) is 39.0 Å². The molecule has 1 N–H and O–H groups in total. The van der Waals surface area contributed by atoms with E-state index in [1.807, 2.05) is 13.8 Å². The van der Waals surface area contributed by atoms with Gasteiger partial charge in [0, 0.05) is 24.1 Å². The fourth-order valence-corrected chi connectivity index (χ4v) is 4.10. The van der Waals surface area contributed by atoms with Crippen LogP contribution < -0.4 is 5.53 Å². The van der Waals surface area contributed by atoms with Crippen molar-refractivity contribution in [2.75, 3.05) is 7.05 Å². The Morgan fingerprint density at radius 1 is 1.00 bits per heavy atom. The maximum Gasteiger partial charge on any atom is 0.135 e. The fraction of sp³-hybridized carbons (Fsp3) is 0.850. The first-order valence-electron chi connectivity index (χ1n) is 9.01. The van der Waals surface area contributed by atoms with Gasteiger partial charge < -0.3 is 0 Å². The number of Topliss-reactive ketones (excluding diaryl/α,β-unsaturated/α-hetero) is 1. The van der Waals surface area contributed by atoms with E-state index >= 15 is 0 Å². The highest BCUT2D eigenvalue weighted by Gasteiger charge is 2.41. The molecule has 0 unspecified atom stereocenters. The molecular formula is C20H39N3O. The van der Waals surface area contributed by atoms with Crippen LogP contribution in [0.5, 0.6) is 0 Å². The van der Waals surface area contributed by atoms with Crippen molar-refractivity contribution in [3.05, 3.63) is 11.9 Å². The Bertz CT molecular complexity index is 509. The third-order valence-electron chi connectivity index (χ3n) is 5.02. The predicted octanol–water partition coefficient (Wildman–Crippen LogP) is 4.74. The minimum Gasteiger partial charge on any atom is -0.299 e.